The van der Waals surface area contributed by atoms with Crippen LogP contribution in [0.3, 0.4) is 0 Å². The molecule has 4 heterocycles. The molecule has 3 N–H and O–H groups in total. The maximum absolute atomic E-state index is 14.3. The van der Waals surface area contributed by atoms with E-state index in [4.69, 9.17) is 0 Å². The summed E-state index contributed by atoms with van der Waals surface area (Å²) in [6.45, 7) is 5.86. The first-order chi connectivity index (χ1) is 13.7. The van der Waals surface area contributed by atoms with Gasteiger partial charge in [-0.05, 0) is 37.3 Å². The Balaban J connectivity index is 1.46. The number of anilines is 1. The Morgan fingerprint density at radius 2 is 2.29 bits per heavy atom. The molecule has 1 aliphatic rings. The van der Waals surface area contributed by atoms with Gasteiger partial charge >= 0.3 is 0 Å². The van der Waals surface area contributed by atoms with Gasteiger partial charge in [-0.1, -0.05) is 6.92 Å². The number of rotatable bonds is 7. The summed E-state index contributed by atoms with van der Waals surface area (Å²) >= 11 is 0. The molecule has 3 aromatic heterocycles. The highest BCUT2D eigenvalue weighted by Crippen LogP contribution is 2.26. The van der Waals surface area contributed by atoms with E-state index in [0.717, 1.165) is 55.5 Å². The van der Waals surface area contributed by atoms with Gasteiger partial charge in [0, 0.05) is 49.5 Å². The van der Waals surface area contributed by atoms with Crippen LogP contribution >= 0.6 is 0 Å². The van der Waals surface area contributed by atoms with Crippen LogP contribution in [0, 0.1) is 11.7 Å². The lowest BCUT2D eigenvalue weighted by molar-refractivity contribution is 0.119. The zero-order valence-electron chi connectivity index (χ0n) is 16.1. The fourth-order valence-corrected chi connectivity index (χ4v) is 3.65. The van der Waals surface area contributed by atoms with Crippen LogP contribution in [0.2, 0.25) is 0 Å². The van der Waals surface area contributed by atoms with Crippen LogP contribution in [0.15, 0.2) is 30.7 Å². The summed E-state index contributed by atoms with van der Waals surface area (Å²) in [5.41, 5.74) is 5.04. The number of hydrogen-bond acceptors (Lipinski definition) is 6. The summed E-state index contributed by atoms with van der Waals surface area (Å²) in [5.74, 6) is 0.756. The Hall–Kier alpha value is -2.58. The van der Waals surface area contributed by atoms with Gasteiger partial charge in [0.1, 0.15) is 5.65 Å². The molecule has 0 saturated carbocycles. The third kappa shape index (κ3) is 4.13. The number of aromatic nitrogens is 4. The van der Waals surface area contributed by atoms with E-state index in [9.17, 15) is 4.39 Å². The quantitative estimate of drug-likeness (QED) is 0.581. The summed E-state index contributed by atoms with van der Waals surface area (Å²) in [6, 6.07) is 3.82. The standard InChI is InChI=1S/C20H26FN7/c1-2-7-26-28-9-4-5-14(13-28)10-23-20-17(21)12-25-19(27-20)16-11-24-18-15(16)6-3-8-22-18/h3,6,8,11-12,14,26H,2,4-5,7,9-10,13H2,1H3,(H,22,24)(H,23,25,27)/t14-/m1/s1. The van der Waals surface area contributed by atoms with E-state index in [1.165, 1.54) is 6.20 Å². The molecule has 3 aromatic rings. The van der Waals surface area contributed by atoms with Crippen molar-refractivity contribution < 1.29 is 4.39 Å². The lowest BCUT2D eigenvalue weighted by Gasteiger charge is -2.33. The number of nitrogens with one attached hydrogen (secondary N) is 3. The molecule has 1 atom stereocenters. The van der Waals surface area contributed by atoms with Crippen LogP contribution in [0.5, 0.6) is 0 Å². The minimum absolute atomic E-state index is 0.252. The molecule has 7 nitrogen and oxygen atoms in total. The van der Waals surface area contributed by atoms with Crippen molar-refractivity contribution in [2.24, 2.45) is 5.92 Å². The highest BCUT2D eigenvalue weighted by Gasteiger charge is 2.20. The summed E-state index contributed by atoms with van der Waals surface area (Å²) < 4.78 is 14.3. The molecule has 4 rings (SSSR count). The van der Waals surface area contributed by atoms with Gasteiger partial charge in [-0.15, -0.1) is 0 Å². The first-order valence-electron chi connectivity index (χ1n) is 9.92. The molecule has 0 radical (unpaired) electrons. The normalized spacial score (nSPS) is 17.9. The average molecular weight is 383 g/mol. The van der Waals surface area contributed by atoms with Crippen LogP contribution in [-0.4, -0.2) is 51.1 Å². The molecule has 1 fully saturated rings. The van der Waals surface area contributed by atoms with Gasteiger partial charge < -0.3 is 10.3 Å². The Morgan fingerprint density at radius 3 is 3.18 bits per heavy atom. The van der Waals surface area contributed by atoms with E-state index < -0.39 is 5.82 Å². The molecule has 0 aliphatic carbocycles. The summed E-state index contributed by atoms with van der Waals surface area (Å²) in [5, 5.41) is 6.40. The number of halogens is 1. The van der Waals surface area contributed by atoms with Gasteiger partial charge in [0.25, 0.3) is 0 Å². The van der Waals surface area contributed by atoms with Gasteiger partial charge in [-0.25, -0.2) is 24.4 Å². The van der Waals surface area contributed by atoms with Crippen LogP contribution < -0.4 is 10.7 Å². The average Bonchev–Trinajstić information content (AvgIpc) is 3.16. The smallest absolute Gasteiger partial charge is 0.183 e. The van der Waals surface area contributed by atoms with Gasteiger partial charge in [-0.3, -0.25) is 5.43 Å². The first kappa shape index (κ1) is 18.8. The number of nitrogens with zero attached hydrogens (tertiary/aromatic N) is 4. The largest absolute Gasteiger partial charge is 0.367 e. The second-order valence-corrected chi connectivity index (χ2v) is 7.24. The van der Waals surface area contributed by atoms with E-state index in [1.54, 1.807) is 6.20 Å². The minimum Gasteiger partial charge on any atom is -0.367 e. The third-order valence-electron chi connectivity index (χ3n) is 5.10. The number of piperidine rings is 1. The SMILES string of the molecule is CCCNN1CCC[C@H](CNc2nc(-c3c[nH]c4ncccc34)ncc2F)C1. The van der Waals surface area contributed by atoms with Crippen molar-refractivity contribution in [3.63, 3.8) is 0 Å². The molecule has 28 heavy (non-hydrogen) atoms. The van der Waals surface area contributed by atoms with Crippen molar-refractivity contribution in [2.45, 2.75) is 26.2 Å². The number of aromatic amines is 1. The fourth-order valence-electron chi connectivity index (χ4n) is 3.65. The number of hydrogen-bond donors (Lipinski definition) is 3. The summed E-state index contributed by atoms with van der Waals surface area (Å²) in [4.78, 5) is 16.0. The second-order valence-electron chi connectivity index (χ2n) is 7.24. The molecule has 0 spiro atoms. The second kappa shape index (κ2) is 8.62. The van der Waals surface area contributed by atoms with Gasteiger partial charge in [0.05, 0.1) is 6.20 Å². The Kier molecular flexibility index (Phi) is 5.78. The fraction of sp³-hybridized carbons (Fsp3) is 0.450. The lowest BCUT2D eigenvalue weighted by Crippen LogP contribution is -2.46. The van der Waals surface area contributed by atoms with Crippen molar-refractivity contribution in [1.82, 2.24) is 30.4 Å². The maximum Gasteiger partial charge on any atom is 0.183 e. The molecule has 1 saturated heterocycles. The Morgan fingerprint density at radius 1 is 1.36 bits per heavy atom. The van der Waals surface area contributed by atoms with Crippen molar-refractivity contribution in [1.29, 1.82) is 0 Å². The monoisotopic (exact) mass is 383 g/mol. The van der Waals surface area contributed by atoms with Crippen LogP contribution in [0.4, 0.5) is 10.2 Å². The van der Waals surface area contributed by atoms with E-state index in [0.29, 0.717) is 18.3 Å². The van der Waals surface area contributed by atoms with Crippen molar-refractivity contribution in [3.8, 4) is 11.4 Å². The van der Waals surface area contributed by atoms with E-state index in [-0.39, 0.29) is 5.82 Å². The van der Waals surface area contributed by atoms with Crippen LogP contribution in [0.1, 0.15) is 26.2 Å². The first-order valence-corrected chi connectivity index (χ1v) is 9.92. The highest BCUT2D eigenvalue weighted by molar-refractivity contribution is 5.91. The molecule has 8 heteroatoms. The predicted octanol–water partition coefficient (Wildman–Crippen LogP) is 3.20. The van der Waals surface area contributed by atoms with Crippen LogP contribution in [-0.2, 0) is 0 Å². The minimum atomic E-state index is -0.432. The lowest BCUT2D eigenvalue weighted by atomic mass is 9.99. The Bertz CT molecular complexity index is 926. The van der Waals surface area contributed by atoms with E-state index in [1.807, 2.05) is 18.3 Å². The van der Waals surface area contributed by atoms with Gasteiger partial charge in [0.15, 0.2) is 17.5 Å². The number of H-pyrrole nitrogens is 1. The van der Waals surface area contributed by atoms with Gasteiger partial charge in [0.2, 0.25) is 0 Å². The number of pyridine rings is 1. The zero-order valence-corrected chi connectivity index (χ0v) is 16.1. The topological polar surface area (TPSA) is 81.8 Å². The third-order valence-corrected chi connectivity index (χ3v) is 5.10. The zero-order chi connectivity index (χ0) is 19.3. The number of fused-ring (bicyclic) bond motifs is 1. The van der Waals surface area contributed by atoms with E-state index >= 15 is 0 Å². The molecule has 0 amide bonds. The molecular weight excluding hydrogens is 357 g/mol. The highest BCUT2D eigenvalue weighted by atomic mass is 19.1. The van der Waals surface area contributed by atoms with Crippen molar-refractivity contribution >= 4 is 16.9 Å². The molecule has 0 bridgehead atoms. The maximum atomic E-state index is 14.3. The molecule has 0 aromatic carbocycles. The van der Waals surface area contributed by atoms with E-state index in [2.05, 4.69) is 42.6 Å². The molecule has 148 valence electrons. The molecule has 1 aliphatic heterocycles. The van der Waals surface area contributed by atoms with Gasteiger partial charge in [-0.2, -0.15) is 0 Å². The molecular formula is C20H26FN7. The summed E-state index contributed by atoms with van der Waals surface area (Å²) in [7, 11) is 0. The number of hydrazine groups is 1. The van der Waals surface area contributed by atoms with Crippen molar-refractivity contribution in [3.05, 3.63) is 36.5 Å². The van der Waals surface area contributed by atoms with Crippen molar-refractivity contribution in [2.75, 3.05) is 31.5 Å². The van der Waals surface area contributed by atoms with Crippen LogP contribution in [0.25, 0.3) is 22.4 Å². The molecule has 0 unspecified atom stereocenters. The Labute approximate surface area is 163 Å². The predicted molar refractivity (Wildman–Crippen MR) is 108 cm³/mol. The summed E-state index contributed by atoms with van der Waals surface area (Å²) in [6.07, 6.45) is 8.15.